The van der Waals surface area contributed by atoms with E-state index < -0.39 is 6.86 Å². The maximum atomic E-state index is 12.2. The number of aromatic nitrogens is 2. The van der Waals surface area contributed by atoms with Crippen molar-refractivity contribution in [2.75, 3.05) is 18.7 Å². The predicted octanol–water partition coefficient (Wildman–Crippen LogP) is 3.79. The van der Waals surface area contributed by atoms with E-state index in [2.05, 4.69) is 15.3 Å². The lowest BCUT2D eigenvalue weighted by atomic mass is 10.1. The Bertz CT molecular complexity index is 880. The van der Waals surface area contributed by atoms with Gasteiger partial charge in [-0.3, -0.25) is 4.79 Å². The maximum Gasteiger partial charge on any atom is 0.274 e. The van der Waals surface area contributed by atoms with Gasteiger partial charge in [0.15, 0.2) is 0 Å². The molecule has 0 saturated carbocycles. The van der Waals surface area contributed by atoms with Crippen LogP contribution in [0.5, 0.6) is 5.75 Å². The van der Waals surface area contributed by atoms with E-state index in [0.717, 1.165) is 24.0 Å². The Morgan fingerprint density at radius 1 is 1.08 bits per heavy atom. The number of benzene rings is 2. The molecule has 0 fully saturated rings. The van der Waals surface area contributed by atoms with Crippen LogP contribution in [0, 0.1) is 0 Å². The molecular weight excluding hydrogens is 333 g/mol. The highest BCUT2D eigenvalue weighted by Crippen LogP contribution is 2.14. The molecule has 0 radical (unpaired) electrons. The van der Waals surface area contributed by atoms with E-state index in [4.69, 9.17) is 4.74 Å². The van der Waals surface area contributed by atoms with Crippen LogP contribution in [0.1, 0.15) is 12.0 Å². The van der Waals surface area contributed by atoms with Gasteiger partial charge >= 0.3 is 0 Å². The van der Waals surface area contributed by atoms with Crippen LogP contribution in [0.2, 0.25) is 0 Å². The number of aromatic amines is 1. The Morgan fingerprint density at radius 3 is 2.54 bits per heavy atom. The maximum absolute atomic E-state index is 12.2. The number of rotatable bonds is 8. The highest BCUT2D eigenvalue weighted by molar-refractivity contribution is 5.55. The number of H-pyrrole nitrogens is 1. The van der Waals surface area contributed by atoms with Gasteiger partial charge in [0.25, 0.3) is 5.56 Å². The third-order valence-corrected chi connectivity index (χ3v) is 3.95. The molecule has 26 heavy (non-hydrogen) atoms. The number of hydrogen-bond acceptors (Lipinski definition) is 4. The van der Waals surface area contributed by atoms with E-state index in [1.807, 2.05) is 42.5 Å². The summed E-state index contributed by atoms with van der Waals surface area (Å²) in [5.41, 5.74) is 2.27. The van der Waals surface area contributed by atoms with Gasteiger partial charge in [-0.25, -0.2) is 9.37 Å². The number of alkyl halides is 1. The van der Waals surface area contributed by atoms with Gasteiger partial charge in [-0.2, -0.15) is 0 Å². The smallest absolute Gasteiger partial charge is 0.274 e. The van der Waals surface area contributed by atoms with Crippen molar-refractivity contribution in [2.24, 2.45) is 0 Å². The summed E-state index contributed by atoms with van der Waals surface area (Å²) < 4.78 is 16.9. The molecule has 0 aliphatic heterocycles. The summed E-state index contributed by atoms with van der Waals surface area (Å²) in [6, 6.07) is 16.8. The van der Waals surface area contributed by atoms with E-state index in [1.165, 1.54) is 0 Å². The summed E-state index contributed by atoms with van der Waals surface area (Å²) in [5.74, 6) is 1.07. The lowest BCUT2D eigenvalue weighted by Crippen LogP contribution is -2.16. The van der Waals surface area contributed by atoms with Crippen LogP contribution in [0.25, 0.3) is 11.4 Å². The van der Waals surface area contributed by atoms with Crippen molar-refractivity contribution in [2.45, 2.75) is 12.8 Å². The largest absolute Gasteiger partial charge is 0.463 e. The van der Waals surface area contributed by atoms with E-state index in [9.17, 15) is 9.18 Å². The quantitative estimate of drug-likeness (QED) is 0.605. The third-order valence-electron chi connectivity index (χ3n) is 3.95. The third kappa shape index (κ3) is 4.69. The number of halogens is 1. The molecular formula is C20H20FN3O2. The number of hydrogen-bond donors (Lipinski definition) is 2. The number of anilines is 1. The molecule has 2 N–H and O–H groups in total. The summed E-state index contributed by atoms with van der Waals surface area (Å²) in [7, 11) is 0. The van der Waals surface area contributed by atoms with Gasteiger partial charge in [0, 0.05) is 12.1 Å². The van der Waals surface area contributed by atoms with Crippen LogP contribution in [0.3, 0.4) is 0 Å². The van der Waals surface area contributed by atoms with Crippen LogP contribution in [-0.2, 0) is 6.42 Å². The summed E-state index contributed by atoms with van der Waals surface area (Å²) in [5, 5.41) is 3.11. The first kappa shape index (κ1) is 17.7. The predicted molar refractivity (Wildman–Crippen MR) is 100 cm³/mol. The Kier molecular flexibility index (Phi) is 5.98. The second-order valence-electron chi connectivity index (χ2n) is 5.77. The molecule has 0 aliphatic rings. The Hall–Kier alpha value is -3.15. The average molecular weight is 353 g/mol. The molecule has 0 saturated heterocycles. The number of nitrogens with zero attached hydrogens (tertiary/aromatic N) is 1. The Balaban J connectivity index is 1.51. The minimum Gasteiger partial charge on any atom is -0.463 e. The average Bonchev–Trinajstić information content (AvgIpc) is 2.68. The Labute approximate surface area is 150 Å². The van der Waals surface area contributed by atoms with Crippen molar-refractivity contribution in [1.82, 2.24) is 9.97 Å². The van der Waals surface area contributed by atoms with Crippen LogP contribution >= 0.6 is 0 Å². The van der Waals surface area contributed by atoms with E-state index in [0.29, 0.717) is 23.8 Å². The first-order valence-corrected chi connectivity index (χ1v) is 8.42. The van der Waals surface area contributed by atoms with Crippen molar-refractivity contribution in [1.29, 1.82) is 0 Å². The summed E-state index contributed by atoms with van der Waals surface area (Å²) in [6.07, 6.45) is 3.25. The first-order chi connectivity index (χ1) is 12.8. The summed E-state index contributed by atoms with van der Waals surface area (Å²) >= 11 is 0. The van der Waals surface area contributed by atoms with Crippen molar-refractivity contribution in [3.63, 3.8) is 0 Å². The van der Waals surface area contributed by atoms with Gasteiger partial charge in [-0.1, -0.05) is 42.5 Å². The van der Waals surface area contributed by atoms with Gasteiger partial charge in [-0.15, -0.1) is 0 Å². The number of aryl methyl sites for hydroxylation is 1. The fourth-order valence-corrected chi connectivity index (χ4v) is 2.59. The minimum atomic E-state index is -0.824. The van der Waals surface area contributed by atoms with E-state index >= 15 is 0 Å². The molecule has 0 bridgehead atoms. The zero-order valence-electron chi connectivity index (χ0n) is 14.2. The molecule has 6 heteroatoms. The van der Waals surface area contributed by atoms with Gasteiger partial charge in [0.2, 0.25) is 6.86 Å². The fraction of sp³-hybridized carbons (Fsp3) is 0.200. The number of nitrogens with one attached hydrogen (secondary N) is 2. The SMILES string of the molecule is O=c1[nH]c(-c2ccccc2)ncc1NCCCc1ccc(OCF)cc1. The lowest BCUT2D eigenvalue weighted by Gasteiger charge is -2.07. The molecule has 0 spiro atoms. The minimum absolute atomic E-state index is 0.188. The first-order valence-electron chi connectivity index (χ1n) is 8.42. The standard InChI is InChI=1S/C20H20FN3O2/c21-14-26-17-10-8-15(9-11-17)5-4-12-22-18-13-23-19(24-20(18)25)16-6-2-1-3-7-16/h1-3,6-11,13,22H,4-5,12,14H2,(H,23,24,25). The van der Waals surface area contributed by atoms with E-state index in [1.54, 1.807) is 18.3 Å². The molecule has 0 aliphatic carbocycles. The van der Waals surface area contributed by atoms with Gasteiger partial charge in [0.1, 0.15) is 17.3 Å². The van der Waals surface area contributed by atoms with Crippen LogP contribution in [0.15, 0.2) is 65.6 Å². The Morgan fingerprint density at radius 2 is 1.85 bits per heavy atom. The molecule has 0 atom stereocenters. The van der Waals surface area contributed by atoms with Gasteiger partial charge in [0.05, 0.1) is 6.20 Å². The van der Waals surface area contributed by atoms with Gasteiger partial charge < -0.3 is 15.0 Å². The van der Waals surface area contributed by atoms with Crippen molar-refractivity contribution >= 4 is 5.69 Å². The second kappa shape index (κ2) is 8.80. The molecule has 5 nitrogen and oxygen atoms in total. The molecule has 0 unspecified atom stereocenters. The molecule has 3 rings (SSSR count). The molecule has 1 heterocycles. The highest BCUT2D eigenvalue weighted by Gasteiger charge is 2.04. The fourth-order valence-electron chi connectivity index (χ4n) is 2.59. The molecule has 2 aromatic carbocycles. The summed E-state index contributed by atoms with van der Waals surface area (Å²) in [6.45, 7) is -0.174. The zero-order valence-corrected chi connectivity index (χ0v) is 14.2. The normalized spacial score (nSPS) is 10.5. The highest BCUT2D eigenvalue weighted by atomic mass is 19.1. The monoisotopic (exact) mass is 353 g/mol. The van der Waals surface area contributed by atoms with Crippen molar-refractivity contribution in [3.8, 4) is 17.1 Å². The second-order valence-corrected chi connectivity index (χ2v) is 5.77. The van der Waals surface area contributed by atoms with E-state index in [-0.39, 0.29) is 5.56 Å². The molecule has 134 valence electrons. The van der Waals surface area contributed by atoms with Crippen LogP contribution in [0.4, 0.5) is 10.1 Å². The molecule has 0 amide bonds. The molecule has 1 aromatic heterocycles. The van der Waals surface area contributed by atoms with Crippen LogP contribution in [-0.4, -0.2) is 23.4 Å². The topological polar surface area (TPSA) is 67.0 Å². The zero-order chi connectivity index (χ0) is 18.2. The van der Waals surface area contributed by atoms with Crippen molar-refractivity contribution < 1.29 is 9.13 Å². The summed E-state index contributed by atoms with van der Waals surface area (Å²) in [4.78, 5) is 19.3. The van der Waals surface area contributed by atoms with Crippen molar-refractivity contribution in [3.05, 3.63) is 76.7 Å². The number of ether oxygens (including phenoxy) is 1. The van der Waals surface area contributed by atoms with Gasteiger partial charge in [-0.05, 0) is 30.5 Å². The molecule has 3 aromatic rings. The lowest BCUT2D eigenvalue weighted by molar-refractivity contribution is 0.191. The van der Waals surface area contributed by atoms with Crippen LogP contribution < -0.4 is 15.6 Å².